The maximum atomic E-state index is 12.8. The summed E-state index contributed by atoms with van der Waals surface area (Å²) >= 11 is 4.07. The summed E-state index contributed by atoms with van der Waals surface area (Å²) in [6, 6.07) is 10.3. The minimum absolute atomic E-state index is 0.159. The van der Waals surface area contributed by atoms with E-state index in [4.69, 9.17) is 0 Å². The van der Waals surface area contributed by atoms with E-state index in [0.717, 1.165) is 28.5 Å². The van der Waals surface area contributed by atoms with Gasteiger partial charge in [0, 0.05) is 20.6 Å². The predicted molar refractivity (Wildman–Crippen MR) is 91.3 cm³/mol. The van der Waals surface area contributed by atoms with Crippen LogP contribution in [0.4, 0.5) is 0 Å². The van der Waals surface area contributed by atoms with Crippen LogP contribution in [0.25, 0.3) is 0 Å². The fraction of sp³-hybridized carbons (Fsp3) is 0.312. The fourth-order valence-corrected chi connectivity index (χ4v) is 4.34. The molecule has 2 nitrogen and oxygen atoms in total. The van der Waals surface area contributed by atoms with Crippen LogP contribution in [0.15, 0.2) is 35.7 Å². The molecule has 1 aromatic carbocycles. The van der Waals surface area contributed by atoms with Crippen LogP contribution in [0.1, 0.15) is 40.2 Å². The van der Waals surface area contributed by atoms with Crippen LogP contribution >= 0.6 is 33.9 Å². The van der Waals surface area contributed by atoms with Gasteiger partial charge in [0.15, 0.2) is 0 Å². The number of fused-ring (bicyclic) bond motifs is 1. The number of halogens is 1. The van der Waals surface area contributed by atoms with Crippen molar-refractivity contribution in [1.82, 2.24) is 4.90 Å². The van der Waals surface area contributed by atoms with Gasteiger partial charge in [-0.05, 0) is 70.6 Å². The van der Waals surface area contributed by atoms with E-state index in [-0.39, 0.29) is 11.9 Å². The van der Waals surface area contributed by atoms with Crippen LogP contribution in [0.3, 0.4) is 0 Å². The zero-order valence-electron chi connectivity index (χ0n) is 11.3. The van der Waals surface area contributed by atoms with E-state index in [1.165, 1.54) is 10.4 Å². The lowest BCUT2D eigenvalue weighted by Gasteiger charge is -2.35. The second kappa shape index (κ2) is 5.85. The number of carbonyl (C=O) groups is 1. The van der Waals surface area contributed by atoms with Gasteiger partial charge in [-0.1, -0.05) is 13.0 Å². The van der Waals surface area contributed by atoms with E-state index in [1.807, 2.05) is 40.5 Å². The standard InChI is InChI=1S/C16H16INOS/c1-2-14-13-7-9-20-15(13)6-8-18(14)16(19)11-4-3-5-12(17)10-11/h3-5,7,9-10,14H,2,6,8H2,1H3. The van der Waals surface area contributed by atoms with Crippen molar-refractivity contribution in [2.75, 3.05) is 6.54 Å². The summed E-state index contributed by atoms with van der Waals surface area (Å²) in [6.07, 6.45) is 1.96. The highest BCUT2D eigenvalue weighted by molar-refractivity contribution is 14.1. The summed E-state index contributed by atoms with van der Waals surface area (Å²) < 4.78 is 1.11. The number of carbonyl (C=O) groups excluding carboxylic acids is 1. The summed E-state index contributed by atoms with van der Waals surface area (Å²) in [5, 5.41) is 2.15. The smallest absolute Gasteiger partial charge is 0.254 e. The molecule has 0 fully saturated rings. The van der Waals surface area contributed by atoms with E-state index >= 15 is 0 Å². The van der Waals surface area contributed by atoms with Crippen molar-refractivity contribution in [2.45, 2.75) is 25.8 Å². The molecule has 2 aromatic rings. The molecule has 104 valence electrons. The minimum Gasteiger partial charge on any atom is -0.331 e. The normalized spacial score (nSPS) is 17.9. The molecule has 2 heterocycles. The maximum Gasteiger partial charge on any atom is 0.254 e. The molecule has 1 aromatic heterocycles. The Kier molecular flexibility index (Phi) is 4.12. The molecular formula is C16H16INOS. The molecule has 1 aliphatic heterocycles. The molecule has 1 atom stereocenters. The number of nitrogens with zero attached hydrogens (tertiary/aromatic N) is 1. The Morgan fingerprint density at radius 1 is 1.45 bits per heavy atom. The second-order valence-corrected chi connectivity index (χ2v) is 7.23. The molecule has 0 aliphatic carbocycles. The van der Waals surface area contributed by atoms with Gasteiger partial charge in [-0.25, -0.2) is 0 Å². The first kappa shape index (κ1) is 14.1. The van der Waals surface area contributed by atoms with E-state index in [2.05, 4.69) is 41.0 Å². The van der Waals surface area contributed by atoms with Gasteiger partial charge in [-0.3, -0.25) is 4.79 Å². The SMILES string of the molecule is CCC1c2ccsc2CCN1C(=O)c1cccc(I)c1. The Hall–Kier alpha value is -0.880. The third kappa shape index (κ3) is 2.51. The average Bonchev–Trinajstić information content (AvgIpc) is 2.93. The largest absolute Gasteiger partial charge is 0.331 e. The fourth-order valence-electron chi connectivity index (χ4n) is 2.87. The van der Waals surface area contributed by atoms with E-state index in [0.29, 0.717) is 0 Å². The number of amides is 1. The topological polar surface area (TPSA) is 20.3 Å². The van der Waals surface area contributed by atoms with Crippen molar-refractivity contribution in [3.05, 3.63) is 55.3 Å². The lowest BCUT2D eigenvalue weighted by Crippen LogP contribution is -2.39. The van der Waals surface area contributed by atoms with Crippen molar-refractivity contribution >= 4 is 39.8 Å². The Morgan fingerprint density at radius 3 is 3.05 bits per heavy atom. The van der Waals surface area contributed by atoms with Crippen LogP contribution in [-0.4, -0.2) is 17.4 Å². The molecule has 0 saturated heterocycles. The number of hydrogen-bond donors (Lipinski definition) is 0. The van der Waals surface area contributed by atoms with Crippen molar-refractivity contribution in [3.8, 4) is 0 Å². The van der Waals surface area contributed by atoms with Gasteiger partial charge in [0.25, 0.3) is 5.91 Å². The Labute approximate surface area is 136 Å². The average molecular weight is 397 g/mol. The van der Waals surface area contributed by atoms with Crippen LogP contribution < -0.4 is 0 Å². The lowest BCUT2D eigenvalue weighted by molar-refractivity contribution is 0.0657. The van der Waals surface area contributed by atoms with E-state index < -0.39 is 0 Å². The molecule has 1 amide bonds. The van der Waals surface area contributed by atoms with Gasteiger partial charge in [-0.15, -0.1) is 11.3 Å². The molecule has 0 saturated carbocycles. The molecule has 1 aliphatic rings. The first-order chi connectivity index (χ1) is 9.70. The summed E-state index contributed by atoms with van der Waals surface area (Å²) in [7, 11) is 0. The van der Waals surface area contributed by atoms with E-state index in [1.54, 1.807) is 0 Å². The highest BCUT2D eigenvalue weighted by Gasteiger charge is 2.30. The molecule has 3 rings (SSSR count). The van der Waals surface area contributed by atoms with Crippen molar-refractivity contribution in [3.63, 3.8) is 0 Å². The van der Waals surface area contributed by atoms with Gasteiger partial charge >= 0.3 is 0 Å². The first-order valence-electron chi connectivity index (χ1n) is 6.83. The van der Waals surface area contributed by atoms with E-state index in [9.17, 15) is 4.79 Å². The zero-order valence-corrected chi connectivity index (χ0v) is 14.3. The predicted octanol–water partition coefficient (Wildman–Crippen LogP) is 4.50. The van der Waals surface area contributed by atoms with Gasteiger partial charge in [0.1, 0.15) is 0 Å². The molecule has 20 heavy (non-hydrogen) atoms. The zero-order chi connectivity index (χ0) is 14.1. The number of thiophene rings is 1. The lowest BCUT2D eigenvalue weighted by atomic mass is 9.97. The summed E-state index contributed by atoms with van der Waals surface area (Å²) in [5.74, 6) is 0.159. The highest BCUT2D eigenvalue weighted by Crippen LogP contribution is 2.36. The molecule has 0 N–H and O–H groups in total. The monoisotopic (exact) mass is 397 g/mol. The van der Waals surface area contributed by atoms with Gasteiger partial charge in [0.2, 0.25) is 0 Å². The summed E-state index contributed by atoms with van der Waals surface area (Å²) in [6.45, 7) is 2.99. The number of hydrogen-bond acceptors (Lipinski definition) is 2. The molecule has 0 spiro atoms. The van der Waals surface area contributed by atoms with Crippen LogP contribution in [0.5, 0.6) is 0 Å². The van der Waals surface area contributed by atoms with Crippen molar-refractivity contribution < 1.29 is 4.79 Å². The molecule has 4 heteroatoms. The van der Waals surface area contributed by atoms with Crippen LogP contribution in [0, 0.1) is 3.57 Å². The molecule has 0 bridgehead atoms. The third-order valence-electron chi connectivity index (χ3n) is 3.81. The first-order valence-corrected chi connectivity index (χ1v) is 8.79. The quantitative estimate of drug-likeness (QED) is 0.684. The third-order valence-corrected chi connectivity index (χ3v) is 5.48. The summed E-state index contributed by atoms with van der Waals surface area (Å²) in [4.78, 5) is 16.3. The summed E-state index contributed by atoms with van der Waals surface area (Å²) in [5.41, 5.74) is 2.15. The van der Waals surface area contributed by atoms with Gasteiger partial charge in [-0.2, -0.15) is 0 Å². The van der Waals surface area contributed by atoms with Gasteiger partial charge < -0.3 is 4.90 Å². The Morgan fingerprint density at radius 2 is 2.30 bits per heavy atom. The molecule has 0 radical (unpaired) electrons. The second-order valence-electron chi connectivity index (χ2n) is 4.98. The van der Waals surface area contributed by atoms with Gasteiger partial charge in [0.05, 0.1) is 6.04 Å². The van der Waals surface area contributed by atoms with Crippen LogP contribution in [-0.2, 0) is 6.42 Å². The van der Waals surface area contributed by atoms with Crippen molar-refractivity contribution in [2.24, 2.45) is 0 Å². The highest BCUT2D eigenvalue weighted by atomic mass is 127. The maximum absolute atomic E-state index is 12.8. The van der Waals surface area contributed by atoms with Crippen molar-refractivity contribution in [1.29, 1.82) is 0 Å². The molecule has 1 unspecified atom stereocenters. The van der Waals surface area contributed by atoms with Crippen LogP contribution in [0.2, 0.25) is 0 Å². The Bertz CT molecular complexity index is 637. The Balaban J connectivity index is 1.92. The number of rotatable bonds is 2. The molecular weight excluding hydrogens is 381 g/mol. The minimum atomic E-state index is 0.159. The number of benzene rings is 1.